The second-order valence-electron chi connectivity index (χ2n) is 7.32. The Labute approximate surface area is 186 Å². The van der Waals surface area contributed by atoms with Gasteiger partial charge in [0.2, 0.25) is 10.0 Å². The molecule has 1 saturated heterocycles. The van der Waals surface area contributed by atoms with Crippen LogP contribution in [0.4, 0.5) is 0 Å². The number of hydrogen-bond donors (Lipinski definition) is 0. The molecule has 9 heteroatoms. The fourth-order valence-electron chi connectivity index (χ4n) is 3.52. The standard InChI is InChI=1S/C22H22ClN3O4S/c1-16-20(21(23)26(24-16)18-9-3-2-4-10-18)15-30-22(27)17-8-7-11-19(14-17)31(28,29)25-12-5-6-13-25/h2-4,7-11,14H,5-6,12-13,15H2,1H3. The van der Waals surface area contributed by atoms with Gasteiger partial charge in [0.25, 0.3) is 0 Å². The van der Waals surface area contributed by atoms with Gasteiger partial charge >= 0.3 is 5.97 Å². The van der Waals surface area contributed by atoms with E-state index in [0.717, 1.165) is 18.5 Å². The summed E-state index contributed by atoms with van der Waals surface area (Å²) in [5.74, 6) is -0.624. The van der Waals surface area contributed by atoms with E-state index >= 15 is 0 Å². The first-order chi connectivity index (χ1) is 14.9. The van der Waals surface area contributed by atoms with Crippen LogP contribution in [0.1, 0.15) is 34.5 Å². The molecular formula is C22H22ClN3O4S. The molecule has 0 amide bonds. The number of aryl methyl sites for hydroxylation is 1. The van der Waals surface area contributed by atoms with Gasteiger partial charge in [0.05, 0.1) is 21.8 Å². The molecule has 162 valence electrons. The average molecular weight is 460 g/mol. The van der Waals surface area contributed by atoms with Gasteiger partial charge in [-0.15, -0.1) is 0 Å². The minimum atomic E-state index is -3.61. The Kier molecular flexibility index (Phi) is 6.13. The number of nitrogens with zero attached hydrogens (tertiary/aromatic N) is 3. The van der Waals surface area contributed by atoms with Crippen LogP contribution < -0.4 is 0 Å². The van der Waals surface area contributed by atoms with Crippen LogP contribution >= 0.6 is 11.6 Å². The molecule has 0 unspecified atom stereocenters. The number of esters is 1. The van der Waals surface area contributed by atoms with Gasteiger partial charge in [0.1, 0.15) is 11.8 Å². The number of aromatic nitrogens is 2. The smallest absolute Gasteiger partial charge is 0.338 e. The van der Waals surface area contributed by atoms with Crippen molar-refractivity contribution in [3.05, 3.63) is 76.6 Å². The third-order valence-electron chi connectivity index (χ3n) is 5.24. The van der Waals surface area contributed by atoms with E-state index in [2.05, 4.69) is 5.10 Å². The molecule has 1 aliphatic rings. The molecule has 1 fully saturated rings. The van der Waals surface area contributed by atoms with Crippen LogP contribution in [-0.4, -0.2) is 41.6 Å². The maximum Gasteiger partial charge on any atom is 0.338 e. The topological polar surface area (TPSA) is 81.5 Å². The van der Waals surface area contributed by atoms with Gasteiger partial charge in [-0.05, 0) is 50.1 Å². The van der Waals surface area contributed by atoms with Crippen LogP contribution in [0.2, 0.25) is 5.15 Å². The molecule has 0 spiro atoms. The Morgan fingerprint density at radius 2 is 1.81 bits per heavy atom. The molecular weight excluding hydrogens is 438 g/mol. The Morgan fingerprint density at radius 3 is 2.52 bits per heavy atom. The van der Waals surface area contributed by atoms with Crippen LogP contribution in [0.25, 0.3) is 5.69 Å². The summed E-state index contributed by atoms with van der Waals surface area (Å²) in [5.41, 5.74) is 2.21. The molecule has 2 heterocycles. The zero-order chi connectivity index (χ0) is 22.0. The lowest BCUT2D eigenvalue weighted by molar-refractivity contribution is 0.0472. The first-order valence-electron chi connectivity index (χ1n) is 9.94. The molecule has 2 aromatic carbocycles. The van der Waals surface area contributed by atoms with Crippen LogP contribution in [0.15, 0.2) is 59.5 Å². The summed E-state index contributed by atoms with van der Waals surface area (Å²) in [6.45, 7) is 2.72. The lowest BCUT2D eigenvalue weighted by Crippen LogP contribution is -2.28. The minimum absolute atomic E-state index is 0.0700. The predicted octanol–water partition coefficient (Wildman–Crippen LogP) is 3.98. The van der Waals surface area contributed by atoms with Crippen molar-refractivity contribution in [2.75, 3.05) is 13.1 Å². The maximum absolute atomic E-state index is 12.8. The summed E-state index contributed by atoms with van der Waals surface area (Å²) in [4.78, 5) is 12.7. The van der Waals surface area contributed by atoms with Crippen molar-refractivity contribution in [3.8, 4) is 5.69 Å². The molecule has 31 heavy (non-hydrogen) atoms. The van der Waals surface area contributed by atoms with E-state index in [1.807, 2.05) is 30.3 Å². The third-order valence-corrected chi connectivity index (χ3v) is 7.53. The molecule has 0 atom stereocenters. The van der Waals surface area contributed by atoms with E-state index in [1.54, 1.807) is 17.7 Å². The second kappa shape index (κ2) is 8.82. The molecule has 0 bridgehead atoms. The molecule has 0 saturated carbocycles. The molecule has 3 aromatic rings. The molecule has 4 rings (SSSR count). The molecule has 0 N–H and O–H groups in total. The van der Waals surface area contributed by atoms with E-state index in [9.17, 15) is 13.2 Å². The van der Waals surface area contributed by atoms with E-state index in [4.69, 9.17) is 16.3 Å². The Balaban J connectivity index is 1.51. The largest absolute Gasteiger partial charge is 0.457 e. The zero-order valence-corrected chi connectivity index (χ0v) is 18.6. The highest BCUT2D eigenvalue weighted by atomic mass is 35.5. The first-order valence-corrected chi connectivity index (χ1v) is 11.8. The van der Waals surface area contributed by atoms with Crippen molar-refractivity contribution >= 4 is 27.6 Å². The zero-order valence-electron chi connectivity index (χ0n) is 17.0. The van der Waals surface area contributed by atoms with Crippen LogP contribution in [0.5, 0.6) is 0 Å². The molecule has 7 nitrogen and oxygen atoms in total. The Hall–Kier alpha value is -2.68. The monoisotopic (exact) mass is 459 g/mol. The summed E-state index contributed by atoms with van der Waals surface area (Å²) < 4.78 is 34.0. The fraction of sp³-hybridized carbons (Fsp3) is 0.273. The lowest BCUT2D eigenvalue weighted by Gasteiger charge is -2.15. The Morgan fingerprint density at radius 1 is 1.10 bits per heavy atom. The number of halogens is 1. The lowest BCUT2D eigenvalue weighted by atomic mass is 10.2. The van der Waals surface area contributed by atoms with Gasteiger partial charge in [-0.3, -0.25) is 0 Å². The van der Waals surface area contributed by atoms with Gasteiger partial charge in [0.15, 0.2) is 0 Å². The van der Waals surface area contributed by atoms with Crippen molar-refractivity contribution in [1.82, 2.24) is 14.1 Å². The maximum atomic E-state index is 12.8. The van der Waals surface area contributed by atoms with E-state index in [1.165, 1.54) is 22.5 Å². The molecule has 0 aliphatic carbocycles. The minimum Gasteiger partial charge on any atom is -0.457 e. The van der Waals surface area contributed by atoms with E-state index in [-0.39, 0.29) is 17.1 Å². The number of rotatable bonds is 6. The SMILES string of the molecule is Cc1nn(-c2ccccc2)c(Cl)c1COC(=O)c1cccc(S(=O)(=O)N2CCCC2)c1. The summed E-state index contributed by atoms with van der Waals surface area (Å²) in [6, 6.07) is 15.3. The van der Waals surface area contributed by atoms with Crippen molar-refractivity contribution < 1.29 is 17.9 Å². The quantitative estimate of drug-likeness (QED) is 0.521. The van der Waals surface area contributed by atoms with Gasteiger partial charge in [0, 0.05) is 18.7 Å². The Bertz CT molecular complexity index is 1200. The average Bonchev–Trinajstić information content (AvgIpc) is 3.42. The number of sulfonamides is 1. The van der Waals surface area contributed by atoms with Crippen molar-refractivity contribution in [3.63, 3.8) is 0 Å². The number of hydrogen-bond acceptors (Lipinski definition) is 5. The van der Waals surface area contributed by atoms with Crippen LogP contribution in [0, 0.1) is 6.92 Å². The van der Waals surface area contributed by atoms with Crippen molar-refractivity contribution in [2.24, 2.45) is 0 Å². The number of ether oxygens (including phenoxy) is 1. The van der Waals surface area contributed by atoms with Crippen molar-refractivity contribution in [2.45, 2.75) is 31.3 Å². The third kappa shape index (κ3) is 4.37. The highest BCUT2D eigenvalue weighted by Crippen LogP contribution is 2.25. The number of para-hydroxylation sites is 1. The fourth-order valence-corrected chi connectivity index (χ4v) is 5.41. The van der Waals surface area contributed by atoms with Gasteiger partial charge in [-0.25, -0.2) is 17.9 Å². The number of carbonyl (C=O) groups is 1. The summed E-state index contributed by atoms with van der Waals surface area (Å²) in [7, 11) is -3.61. The molecule has 1 aromatic heterocycles. The van der Waals surface area contributed by atoms with Crippen molar-refractivity contribution in [1.29, 1.82) is 0 Å². The summed E-state index contributed by atoms with van der Waals surface area (Å²) in [5, 5.41) is 4.79. The molecule has 1 aliphatic heterocycles. The summed E-state index contributed by atoms with van der Waals surface area (Å²) >= 11 is 6.48. The summed E-state index contributed by atoms with van der Waals surface area (Å²) in [6.07, 6.45) is 1.69. The number of benzene rings is 2. The highest BCUT2D eigenvalue weighted by Gasteiger charge is 2.28. The van der Waals surface area contributed by atoms with Gasteiger partial charge < -0.3 is 4.74 Å². The van der Waals surface area contributed by atoms with Gasteiger partial charge in [-0.1, -0.05) is 35.9 Å². The van der Waals surface area contributed by atoms with Gasteiger partial charge in [-0.2, -0.15) is 9.40 Å². The molecule has 0 radical (unpaired) electrons. The van der Waals surface area contributed by atoms with E-state index in [0.29, 0.717) is 29.5 Å². The highest BCUT2D eigenvalue weighted by molar-refractivity contribution is 7.89. The normalized spacial score (nSPS) is 14.6. The second-order valence-corrected chi connectivity index (χ2v) is 9.61. The number of carbonyl (C=O) groups excluding carboxylic acids is 1. The van der Waals surface area contributed by atoms with E-state index < -0.39 is 16.0 Å². The van der Waals surface area contributed by atoms with Crippen LogP contribution in [-0.2, 0) is 21.4 Å². The van der Waals surface area contributed by atoms with Crippen LogP contribution in [0.3, 0.4) is 0 Å². The predicted molar refractivity (Wildman–Crippen MR) is 117 cm³/mol. The first kappa shape index (κ1) is 21.5.